The van der Waals surface area contributed by atoms with Crippen molar-refractivity contribution < 1.29 is 14.7 Å². The molecule has 0 aliphatic rings. The summed E-state index contributed by atoms with van der Waals surface area (Å²) in [6.07, 6.45) is 2.99. The van der Waals surface area contributed by atoms with Crippen molar-refractivity contribution in [2.24, 2.45) is 0 Å². The first-order valence-corrected chi connectivity index (χ1v) is 4.99. The summed E-state index contributed by atoms with van der Waals surface area (Å²) in [6, 6.07) is 5.56. The number of carboxylic acids is 1. The number of carbonyl (C=O) groups excluding carboxylic acids is 1. The van der Waals surface area contributed by atoms with E-state index in [2.05, 4.69) is 0 Å². The SMILES string of the molecule is CC(=O)Cc1cc(/C=C/C(=O)O)ccc1C. The summed E-state index contributed by atoms with van der Waals surface area (Å²) in [5.41, 5.74) is 2.78. The van der Waals surface area contributed by atoms with Crippen molar-refractivity contribution in [3.8, 4) is 0 Å². The van der Waals surface area contributed by atoms with E-state index in [1.54, 1.807) is 6.92 Å². The fourth-order valence-corrected chi connectivity index (χ4v) is 1.42. The minimum atomic E-state index is -0.978. The van der Waals surface area contributed by atoms with Gasteiger partial charge in [-0.3, -0.25) is 4.79 Å². The molecule has 16 heavy (non-hydrogen) atoms. The van der Waals surface area contributed by atoms with E-state index in [-0.39, 0.29) is 5.78 Å². The highest BCUT2D eigenvalue weighted by Crippen LogP contribution is 2.13. The first kappa shape index (κ1) is 12.2. The lowest BCUT2D eigenvalue weighted by Gasteiger charge is -2.04. The van der Waals surface area contributed by atoms with Crippen LogP contribution in [0.1, 0.15) is 23.6 Å². The van der Waals surface area contributed by atoms with Gasteiger partial charge in [0.1, 0.15) is 5.78 Å². The first-order valence-electron chi connectivity index (χ1n) is 4.99. The molecule has 84 valence electrons. The van der Waals surface area contributed by atoms with Crippen molar-refractivity contribution >= 4 is 17.8 Å². The van der Waals surface area contributed by atoms with Crippen LogP contribution in [0.2, 0.25) is 0 Å². The van der Waals surface area contributed by atoms with E-state index < -0.39 is 5.97 Å². The van der Waals surface area contributed by atoms with E-state index in [0.717, 1.165) is 22.8 Å². The number of aliphatic carboxylic acids is 1. The maximum atomic E-state index is 11.0. The van der Waals surface area contributed by atoms with Gasteiger partial charge in [0.25, 0.3) is 0 Å². The quantitative estimate of drug-likeness (QED) is 0.788. The molecule has 0 radical (unpaired) electrons. The summed E-state index contributed by atoms with van der Waals surface area (Å²) < 4.78 is 0. The predicted molar refractivity (Wildman–Crippen MR) is 62.2 cm³/mol. The lowest BCUT2D eigenvalue weighted by atomic mass is 10.0. The third-order valence-electron chi connectivity index (χ3n) is 2.23. The van der Waals surface area contributed by atoms with Crippen LogP contribution in [0, 0.1) is 6.92 Å². The molecule has 1 aromatic carbocycles. The molecule has 0 amide bonds. The number of hydrogen-bond acceptors (Lipinski definition) is 2. The highest BCUT2D eigenvalue weighted by molar-refractivity contribution is 5.85. The summed E-state index contributed by atoms with van der Waals surface area (Å²) in [4.78, 5) is 21.4. The maximum absolute atomic E-state index is 11.0. The Hall–Kier alpha value is -1.90. The van der Waals surface area contributed by atoms with Crippen molar-refractivity contribution in [3.63, 3.8) is 0 Å². The lowest BCUT2D eigenvalue weighted by molar-refractivity contribution is -0.131. The number of hydrogen-bond donors (Lipinski definition) is 1. The first-order chi connectivity index (χ1) is 7.49. The third kappa shape index (κ3) is 3.69. The second kappa shape index (κ2) is 5.26. The molecule has 0 aliphatic heterocycles. The molecular weight excluding hydrogens is 204 g/mol. The van der Waals surface area contributed by atoms with Crippen molar-refractivity contribution in [2.75, 3.05) is 0 Å². The number of carbonyl (C=O) groups is 2. The molecule has 0 aliphatic carbocycles. The van der Waals surface area contributed by atoms with Gasteiger partial charge >= 0.3 is 5.97 Å². The van der Waals surface area contributed by atoms with Gasteiger partial charge in [-0.25, -0.2) is 4.79 Å². The van der Waals surface area contributed by atoms with E-state index >= 15 is 0 Å². The number of carboxylic acid groups (broad SMARTS) is 1. The van der Waals surface area contributed by atoms with Crippen LogP contribution in [0.3, 0.4) is 0 Å². The van der Waals surface area contributed by atoms with E-state index in [9.17, 15) is 9.59 Å². The zero-order valence-electron chi connectivity index (χ0n) is 9.36. The zero-order chi connectivity index (χ0) is 12.1. The van der Waals surface area contributed by atoms with Crippen molar-refractivity contribution in [1.82, 2.24) is 0 Å². The standard InChI is InChI=1S/C13H14O3/c1-9-3-4-11(5-6-13(15)16)8-12(9)7-10(2)14/h3-6,8H,7H2,1-2H3,(H,15,16)/b6-5+. The maximum Gasteiger partial charge on any atom is 0.328 e. The summed E-state index contributed by atoms with van der Waals surface area (Å²) in [5.74, 6) is -0.879. The highest BCUT2D eigenvalue weighted by Gasteiger charge is 2.02. The summed E-state index contributed by atoms with van der Waals surface area (Å²) >= 11 is 0. The molecular formula is C13H14O3. The van der Waals surface area contributed by atoms with Crippen LogP contribution in [0.15, 0.2) is 24.3 Å². The van der Waals surface area contributed by atoms with E-state index in [4.69, 9.17) is 5.11 Å². The Morgan fingerprint density at radius 2 is 2.06 bits per heavy atom. The Balaban J connectivity index is 2.97. The Morgan fingerprint density at radius 1 is 1.38 bits per heavy atom. The molecule has 3 heteroatoms. The van der Waals surface area contributed by atoms with Crippen molar-refractivity contribution in [2.45, 2.75) is 20.3 Å². The fourth-order valence-electron chi connectivity index (χ4n) is 1.42. The van der Waals surface area contributed by atoms with E-state index in [1.165, 1.54) is 6.08 Å². The average Bonchev–Trinajstić information content (AvgIpc) is 2.18. The van der Waals surface area contributed by atoms with Gasteiger partial charge in [0.2, 0.25) is 0 Å². The van der Waals surface area contributed by atoms with Crippen LogP contribution in [-0.4, -0.2) is 16.9 Å². The second-order valence-corrected chi connectivity index (χ2v) is 3.74. The Bertz CT molecular complexity index is 444. The highest BCUT2D eigenvalue weighted by atomic mass is 16.4. The largest absolute Gasteiger partial charge is 0.478 e. The minimum Gasteiger partial charge on any atom is -0.478 e. The third-order valence-corrected chi connectivity index (χ3v) is 2.23. The van der Waals surface area contributed by atoms with Crippen LogP contribution in [0.25, 0.3) is 6.08 Å². The number of benzene rings is 1. The van der Waals surface area contributed by atoms with Crippen molar-refractivity contribution in [3.05, 3.63) is 41.0 Å². The van der Waals surface area contributed by atoms with Gasteiger partial charge in [0.05, 0.1) is 0 Å². The van der Waals surface area contributed by atoms with Crippen LogP contribution in [-0.2, 0) is 16.0 Å². The van der Waals surface area contributed by atoms with Gasteiger partial charge in [-0.2, -0.15) is 0 Å². The predicted octanol–water partition coefficient (Wildman–Crippen LogP) is 2.22. The Kier molecular flexibility index (Phi) is 4.00. The molecule has 3 nitrogen and oxygen atoms in total. The Labute approximate surface area is 94.4 Å². The van der Waals surface area contributed by atoms with Crippen LogP contribution in [0.5, 0.6) is 0 Å². The summed E-state index contributed by atoms with van der Waals surface area (Å²) in [5, 5.41) is 8.50. The molecule has 0 fully saturated rings. The molecule has 0 heterocycles. The molecule has 1 rings (SSSR count). The molecule has 0 saturated carbocycles. The number of rotatable bonds is 4. The van der Waals surface area contributed by atoms with Crippen LogP contribution in [0.4, 0.5) is 0 Å². The van der Waals surface area contributed by atoms with Gasteiger partial charge in [-0.05, 0) is 36.6 Å². The molecule has 0 aromatic heterocycles. The van der Waals surface area contributed by atoms with Crippen LogP contribution >= 0.6 is 0 Å². The van der Waals surface area contributed by atoms with Gasteiger partial charge in [0, 0.05) is 12.5 Å². The number of Topliss-reactive ketones (excluding diaryl/α,β-unsaturated/α-hetero) is 1. The fraction of sp³-hybridized carbons (Fsp3) is 0.231. The summed E-state index contributed by atoms with van der Waals surface area (Å²) in [7, 11) is 0. The van der Waals surface area contributed by atoms with Crippen LogP contribution < -0.4 is 0 Å². The minimum absolute atomic E-state index is 0.0995. The smallest absolute Gasteiger partial charge is 0.328 e. The zero-order valence-corrected chi connectivity index (χ0v) is 9.36. The topological polar surface area (TPSA) is 54.4 Å². The monoisotopic (exact) mass is 218 g/mol. The number of ketones is 1. The second-order valence-electron chi connectivity index (χ2n) is 3.74. The van der Waals surface area contributed by atoms with Gasteiger partial charge in [-0.15, -0.1) is 0 Å². The van der Waals surface area contributed by atoms with Crippen molar-refractivity contribution in [1.29, 1.82) is 0 Å². The average molecular weight is 218 g/mol. The molecule has 0 spiro atoms. The molecule has 0 bridgehead atoms. The number of aryl methyl sites for hydroxylation is 1. The van der Waals surface area contributed by atoms with Gasteiger partial charge in [-0.1, -0.05) is 18.2 Å². The Morgan fingerprint density at radius 3 is 2.62 bits per heavy atom. The molecule has 0 atom stereocenters. The molecule has 0 saturated heterocycles. The van der Waals surface area contributed by atoms with Gasteiger partial charge < -0.3 is 5.11 Å². The molecule has 1 aromatic rings. The molecule has 0 unspecified atom stereocenters. The van der Waals surface area contributed by atoms with Gasteiger partial charge in [0.15, 0.2) is 0 Å². The van der Waals surface area contributed by atoms with E-state index in [1.807, 2.05) is 25.1 Å². The normalized spacial score (nSPS) is 10.6. The van der Waals surface area contributed by atoms with E-state index in [0.29, 0.717) is 6.42 Å². The summed E-state index contributed by atoms with van der Waals surface area (Å²) in [6.45, 7) is 3.47. The molecule has 1 N–H and O–H groups in total. The lowest BCUT2D eigenvalue weighted by Crippen LogP contribution is -1.99.